The highest BCUT2D eigenvalue weighted by Gasteiger charge is 2.39. The number of hydrogen-bond acceptors (Lipinski definition) is 2. The summed E-state index contributed by atoms with van der Waals surface area (Å²) in [5.41, 5.74) is 2.56. The van der Waals surface area contributed by atoms with Crippen molar-refractivity contribution in [3.8, 4) is 11.8 Å². The first-order valence-electron chi connectivity index (χ1n) is 6.13. The Morgan fingerprint density at radius 1 is 1.56 bits per heavy atom. The van der Waals surface area contributed by atoms with Gasteiger partial charge >= 0.3 is 0 Å². The van der Waals surface area contributed by atoms with Crippen LogP contribution >= 0.6 is 0 Å². The molecule has 1 saturated carbocycles. The molecule has 0 saturated heterocycles. The minimum Gasteiger partial charge on any atom is -0.384 e. The molecule has 1 aliphatic carbocycles. The molecule has 1 fully saturated rings. The SMILES string of the molecule is Cc1ccc(C#CCO)c(NC(=O)C2CC2C)c1. The first-order chi connectivity index (χ1) is 8.61. The Kier molecular flexibility index (Phi) is 3.69. The number of rotatable bonds is 2. The lowest BCUT2D eigenvalue weighted by Crippen LogP contribution is -2.15. The van der Waals surface area contributed by atoms with Gasteiger partial charge in [0.2, 0.25) is 5.91 Å². The van der Waals surface area contributed by atoms with Crippen LogP contribution in [0.4, 0.5) is 5.69 Å². The number of benzene rings is 1. The molecule has 18 heavy (non-hydrogen) atoms. The van der Waals surface area contributed by atoms with Crippen LogP contribution < -0.4 is 5.32 Å². The molecule has 0 radical (unpaired) electrons. The molecule has 2 N–H and O–H groups in total. The molecule has 2 atom stereocenters. The van der Waals surface area contributed by atoms with Gasteiger partial charge in [0, 0.05) is 11.5 Å². The van der Waals surface area contributed by atoms with E-state index in [1.165, 1.54) is 0 Å². The number of carbonyl (C=O) groups excluding carboxylic acids is 1. The van der Waals surface area contributed by atoms with Crippen molar-refractivity contribution >= 4 is 11.6 Å². The third-order valence-corrected chi connectivity index (χ3v) is 3.18. The molecule has 1 amide bonds. The van der Waals surface area contributed by atoms with Crippen LogP contribution in [0.15, 0.2) is 18.2 Å². The summed E-state index contributed by atoms with van der Waals surface area (Å²) >= 11 is 0. The molecule has 0 aliphatic heterocycles. The summed E-state index contributed by atoms with van der Waals surface area (Å²) in [5, 5.41) is 11.7. The van der Waals surface area contributed by atoms with Gasteiger partial charge in [-0.3, -0.25) is 4.79 Å². The van der Waals surface area contributed by atoms with Crippen LogP contribution in [-0.2, 0) is 4.79 Å². The van der Waals surface area contributed by atoms with E-state index in [2.05, 4.69) is 24.1 Å². The van der Waals surface area contributed by atoms with Crippen molar-refractivity contribution in [3.63, 3.8) is 0 Å². The molecule has 94 valence electrons. The highest BCUT2D eigenvalue weighted by atomic mass is 16.2. The number of aliphatic hydroxyl groups excluding tert-OH is 1. The van der Waals surface area contributed by atoms with E-state index in [1.54, 1.807) is 0 Å². The lowest BCUT2D eigenvalue weighted by atomic mass is 10.1. The normalized spacial score (nSPS) is 20.8. The average molecular weight is 243 g/mol. The number of anilines is 1. The van der Waals surface area contributed by atoms with Gasteiger partial charge in [-0.1, -0.05) is 24.8 Å². The first-order valence-corrected chi connectivity index (χ1v) is 6.13. The maximum absolute atomic E-state index is 11.9. The molecule has 1 aliphatic rings. The zero-order chi connectivity index (χ0) is 13.1. The van der Waals surface area contributed by atoms with Crippen molar-refractivity contribution in [2.45, 2.75) is 20.3 Å². The van der Waals surface area contributed by atoms with Gasteiger partial charge in [0.15, 0.2) is 0 Å². The maximum Gasteiger partial charge on any atom is 0.227 e. The zero-order valence-corrected chi connectivity index (χ0v) is 10.7. The van der Waals surface area contributed by atoms with Crippen molar-refractivity contribution < 1.29 is 9.90 Å². The van der Waals surface area contributed by atoms with Gasteiger partial charge in [0.05, 0.1) is 5.69 Å². The Bertz CT molecular complexity index is 525. The molecule has 3 nitrogen and oxygen atoms in total. The topological polar surface area (TPSA) is 49.3 Å². The Balaban J connectivity index is 2.19. The summed E-state index contributed by atoms with van der Waals surface area (Å²) in [6, 6.07) is 5.72. The standard InChI is InChI=1S/C15H17NO2/c1-10-5-6-12(4-3-7-17)14(8-10)16-15(18)13-9-11(13)2/h5-6,8,11,13,17H,7,9H2,1-2H3,(H,16,18). The van der Waals surface area contributed by atoms with Gasteiger partial charge < -0.3 is 10.4 Å². The summed E-state index contributed by atoms with van der Waals surface area (Å²) < 4.78 is 0. The number of hydrogen-bond donors (Lipinski definition) is 2. The zero-order valence-electron chi connectivity index (χ0n) is 10.7. The molecule has 1 aromatic rings. The molecular weight excluding hydrogens is 226 g/mol. The molecule has 3 heteroatoms. The third kappa shape index (κ3) is 2.91. The van der Waals surface area contributed by atoms with Crippen LogP contribution in [0.2, 0.25) is 0 Å². The monoisotopic (exact) mass is 243 g/mol. The number of carbonyl (C=O) groups is 1. The van der Waals surface area contributed by atoms with Crippen molar-refractivity contribution in [2.75, 3.05) is 11.9 Å². The van der Waals surface area contributed by atoms with Crippen LogP contribution in [0.3, 0.4) is 0 Å². The van der Waals surface area contributed by atoms with E-state index in [0.717, 1.165) is 23.2 Å². The summed E-state index contributed by atoms with van der Waals surface area (Å²) in [6.45, 7) is 3.87. The summed E-state index contributed by atoms with van der Waals surface area (Å²) in [5.74, 6) is 6.16. The molecule has 0 heterocycles. The second kappa shape index (κ2) is 5.24. The average Bonchev–Trinajstić information content (AvgIpc) is 3.05. The van der Waals surface area contributed by atoms with Gasteiger partial charge in [-0.15, -0.1) is 0 Å². The highest BCUT2D eigenvalue weighted by Crippen LogP contribution is 2.38. The van der Waals surface area contributed by atoms with E-state index < -0.39 is 0 Å². The first kappa shape index (κ1) is 12.7. The van der Waals surface area contributed by atoms with Crippen LogP contribution in [0.5, 0.6) is 0 Å². The fraction of sp³-hybridized carbons (Fsp3) is 0.400. The van der Waals surface area contributed by atoms with Gasteiger partial charge in [-0.2, -0.15) is 0 Å². The maximum atomic E-state index is 11.9. The fourth-order valence-corrected chi connectivity index (χ4v) is 1.92. The van der Waals surface area contributed by atoms with Crippen LogP contribution in [0, 0.1) is 30.6 Å². The van der Waals surface area contributed by atoms with E-state index in [9.17, 15) is 4.79 Å². The van der Waals surface area contributed by atoms with Gasteiger partial charge in [0.25, 0.3) is 0 Å². The lowest BCUT2D eigenvalue weighted by Gasteiger charge is -2.08. The lowest BCUT2D eigenvalue weighted by molar-refractivity contribution is -0.117. The molecule has 0 bridgehead atoms. The number of nitrogens with one attached hydrogen (secondary N) is 1. The molecule has 2 unspecified atom stereocenters. The Hall–Kier alpha value is -1.79. The Morgan fingerprint density at radius 2 is 2.28 bits per heavy atom. The second-order valence-corrected chi connectivity index (χ2v) is 4.82. The van der Waals surface area contributed by atoms with Gasteiger partial charge in [0.1, 0.15) is 6.61 Å². The Morgan fingerprint density at radius 3 is 2.89 bits per heavy atom. The van der Waals surface area contributed by atoms with Crippen molar-refractivity contribution in [2.24, 2.45) is 11.8 Å². The molecular formula is C15H17NO2. The largest absolute Gasteiger partial charge is 0.384 e. The Labute approximate surface area is 107 Å². The van der Waals surface area contributed by atoms with Crippen LogP contribution in [-0.4, -0.2) is 17.6 Å². The predicted molar refractivity (Wildman–Crippen MR) is 71.0 cm³/mol. The fourth-order valence-electron chi connectivity index (χ4n) is 1.92. The van der Waals surface area contributed by atoms with E-state index >= 15 is 0 Å². The summed E-state index contributed by atoms with van der Waals surface area (Å²) in [4.78, 5) is 11.9. The molecule has 0 aromatic heterocycles. The molecule has 1 aromatic carbocycles. The molecule has 2 rings (SSSR count). The van der Waals surface area contributed by atoms with Crippen molar-refractivity contribution in [1.82, 2.24) is 0 Å². The van der Waals surface area contributed by atoms with E-state index in [0.29, 0.717) is 5.92 Å². The van der Waals surface area contributed by atoms with Crippen LogP contribution in [0.1, 0.15) is 24.5 Å². The summed E-state index contributed by atoms with van der Waals surface area (Å²) in [6.07, 6.45) is 0.968. The second-order valence-electron chi connectivity index (χ2n) is 4.82. The van der Waals surface area contributed by atoms with Gasteiger partial charge in [-0.05, 0) is 37.0 Å². The number of aliphatic hydroxyl groups is 1. The number of aryl methyl sites for hydroxylation is 1. The highest BCUT2D eigenvalue weighted by molar-refractivity contribution is 5.95. The minimum atomic E-state index is -0.180. The quantitative estimate of drug-likeness (QED) is 0.780. The van der Waals surface area contributed by atoms with E-state index in [-0.39, 0.29) is 18.4 Å². The van der Waals surface area contributed by atoms with E-state index in [4.69, 9.17) is 5.11 Å². The van der Waals surface area contributed by atoms with E-state index in [1.807, 2.05) is 25.1 Å². The smallest absolute Gasteiger partial charge is 0.227 e. The summed E-state index contributed by atoms with van der Waals surface area (Å²) in [7, 11) is 0. The molecule has 0 spiro atoms. The van der Waals surface area contributed by atoms with Crippen molar-refractivity contribution in [3.05, 3.63) is 29.3 Å². The van der Waals surface area contributed by atoms with Crippen LogP contribution in [0.25, 0.3) is 0 Å². The minimum absolute atomic E-state index is 0.0696. The predicted octanol–water partition coefficient (Wildman–Crippen LogP) is 1.93. The van der Waals surface area contributed by atoms with Gasteiger partial charge in [-0.25, -0.2) is 0 Å². The third-order valence-electron chi connectivity index (χ3n) is 3.18. The number of amides is 1. The van der Waals surface area contributed by atoms with Crippen molar-refractivity contribution in [1.29, 1.82) is 0 Å².